The van der Waals surface area contributed by atoms with Gasteiger partial charge in [0, 0.05) is 30.6 Å². The summed E-state index contributed by atoms with van der Waals surface area (Å²) in [5.74, 6) is 2.32. The van der Waals surface area contributed by atoms with Gasteiger partial charge in [-0.3, -0.25) is 9.78 Å². The van der Waals surface area contributed by atoms with Crippen molar-refractivity contribution in [2.45, 2.75) is 57.8 Å². The number of anilines is 1. The lowest BCUT2D eigenvalue weighted by molar-refractivity contribution is 0.0967. The molecule has 0 spiro atoms. The molecule has 37 heavy (non-hydrogen) atoms. The Morgan fingerprint density at radius 3 is 2.41 bits per heavy atom. The Kier molecular flexibility index (Phi) is 6.74. The van der Waals surface area contributed by atoms with E-state index in [1.165, 1.54) is 52.1 Å². The first-order valence-electron chi connectivity index (χ1n) is 13.8. The summed E-state index contributed by atoms with van der Waals surface area (Å²) in [6, 6.07) is 9.70. The highest BCUT2D eigenvalue weighted by Gasteiger charge is 2.35. The Labute approximate surface area is 223 Å². The first-order valence-corrected chi connectivity index (χ1v) is 14.2. The number of carbonyl (C=O) groups excluding carboxylic acids is 1. The van der Waals surface area contributed by atoms with Gasteiger partial charge in [0.15, 0.2) is 17.3 Å². The quantitative estimate of drug-likeness (QED) is 0.339. The number of pyridine rings is 1. The molecule has 1 aromatic heterocycles. The fraction of sp³-hybridized carbons (Fsp3) is 0.484. The van der Waals surface area contributed by atoms with Gasteiger partial charge in [-0.05, 0) is 72.9 Å². The number of halogens is 1. The number of Topliss-reactive ketones (excluding diaryl/α,β-unsaturated/α-hetero) is 1. The summed E-state index contributed by atoms with van der Waals surface area (Å²) in [4.78, 5) is 20.6. The maximum atomic E-state index is 13.4. The van der Waals surface area contributed by atoms with Crippen LogP contribution in [0, 0.1) is 17.8 Å². The normalized spacial score (nSPS) is 19.4. The van der Waals surface area contributed by atoms with E-state index in [0.717, 1.165) is 71.0 Å². The predicted octanol–water partition coefficient (Wildman–Crippen LogP) is 7.66. The molecular formula is C31H35ClN2O3. The predicted molar refractivity (Wildman–Crippen MR) is 149 cm³/mol. The molecule has 0 amide bonds. The first kappa shape index (κ1) is 24.5. The lowest BCUT2D eigenvalue weighted by Gasteiger charge is -2.39. The van der Waals surface area contributed by atoms with E-state index in [1.54, 1.807) is 12.1 Å². The molecule has 3 aromatic rings. The second kappa shape index (κ2) is 10.2. The van der Waals surface area contributed by atoms with Gasteiger partial charge in [0.25, 0.3) is 0 Å². The summed E-state index contributed by atoms with van der Waals surface area (Å²) in [5.41, 5.74) is 4.50. The number of rotatable bonds is 6. The molecule has 1 aliphatic heterocycles. The number of nitrogens with zero attached hydrogens (tertiary/aromatic N) is 2. The minimum absolute atomic E-state index is 0.0609. The van der Waals surface area contributed by atoms with Crippen LogP contribution in [0.4, 0.5) is 5.69 Å². The fourth-order valence-corrected chi connectivity index (χ4v) is 6.75. The highest BCUT2D eigenvalue weighted by molar-refractivity contribution is 6.32. The summed E-state index contributed by atoms with van der Waals surface area (Å²) in [5, 5.41) is 11.5. The number of phenolic OH excluding ortho intramolecular Hbond substituents is 1. The van der Waals surface area contributed by atoms with E-state index >= 15 is 0 Å². The number of hydrogen-bond acceptors (Lipinski definition) is 5. The molecule has 3 aliphatic rings. The summed E-state index contributed by atoms with van der Waals surface area (Å²) in [7, 11) is 1.52. The topological polar surface area (TPSA) is 62.7 Å². The maximum absolute atomic E-state index is 13.4. The van der Waals surface area contributed by atoms with Gasteiger partial charge < -0.3 is 14.7 Å². The molecule has 2 aromatic carbocycles. The number of fused-ring (bicyclic) bond motifs is 1. The van der Waals surface area contributed by atoms with Crippen LogP contribution in [0.1, 0.15) is 68.1 Å². The van der Waals surface area contributed by atoms with Crippen molar-refractivity contribution in [1.29, 1.82) is 0 Å². The molecule has 0 radical (unpaired) electrons. The van der Waals surface area contributed by atoms with Crippen LogP contribution >= 0.6 is 11.6 Å². The number of carbonyl (C=O) groups is 1. The molecule has 0 atom stereocenters. The van der Waals surface area contributed by atoms with E-state index in [9.17, 15) is 9.90 Å². The minimum atomic E-state index is -0.0609. The number of methoxy groups -OCH3 is 1. The fourth-order valence-electron chi connectivity index (χ4n) is 6.54. The van der Waals surface area contributed by atoms with E-state index in [4.69, 9.17) is 21.3 Å². The van der Waals surface area contributed by atoms with Crippen molar-refractivity contribution in [1.82, 2.24) is 4.98 Å². The van der Waals surface area contributed by atoms with E-state index in [1.807, 2.05) is 18.3 Å². The average molecular weight is 519 g/mol. The van der Waals surface area contributed by atoms with E-state index < -0.39 is 0 Å². The van der Waals surface area contributed by atoms with E-state index in [0.29, 0.717) is 5.75 Å². The second-order valence-electron chi connectivity index (χ2n) is 11.1. The number of ketones is 1. The van der Waals surface area contributed by atoms with E-state index in [-0.39, 0.29) is 22.5 Å². The van der Waals surface area contributed by atoms with Gasteiger partial charge >= 0.3 is 0 Å². The Hall–Kier alpha value is -2.79. The number of phenols is 1. The van der Waals surface area contributed by atoms with Crippen LogP contribution in [-0.4, -0.2) is 36.1 Å². The number of hydrogen-bond donors (Lipinski definition) is 1. The highest BCUT2D eigenvalue weighted by atomic mass is 35.5. The Balaban J connectivity index is 1.40. The third kappa shape index (κ3) is 4.79. The van der Waals surface area contributed by atoms with Crippen LogP contribution in [-0.2, 0) is 0 Å². The summed E-state index contributed by atoms with van der Waals surface area (Å²) >= 11 is 6.31. The number of benzene rings is 2. The first-order chi connectivity index (χ1) is 18.0. The molecule has 1 saturated heterocycles. The van der Waals surface area contributed by atoms with Crippen molar-refractivity contribution in [3.63, 3.8) is 0 Å². The van der Waals surface area contributed by atoms with Crippen LogP contribution in [0.15, 0.2) is 36.5 Å². The van der Waals surface area contributed by atoms with Gasteiger partial charge in [0.1, 0.15) is 0 Å². The smallest absolute Gasteiger partial charge is 0.176 e. The number of ether oxygens (including phenoxy) is 1. The van der Waals surface area contributed by atoms with Crippen molar-refractivity contribution in [3.8, 4) is 22.6 Å². The summed E-state index contributed by atoms with van der Waals surface area (Å²) in [6.45, 7) is 1.96. The van der Waals surface area contributed by atoms with E-state index in [2.05, 4.69) is 11.0 Å². The van der Waals surface area contributed by atoms with Crippen LogP contribution in [0.25, 0.3) is 22.0 Å². The molecule has 1 N–H and O–H groups in total. The molecule has 194 valence electrons. The van der Waals surface area contributed by atoms with Gasteiger partial charge in [0.2, 0.25) is 0 Å². The molecular weight excluding hydrogens is 484 g/mol. The van der Waals surface area contributed by atoms with Crippen LogP contribution < -0.4 is 9.64 Å². The Morgan fingerprint density at radius 2 is 1.70 bits per heavy atom. The third-order valence-corrected chi connectivity index (χ3v) is 9.10. The van der Waals surface area contributed by atoms with Crippen LogP contribution in [0.5, 0.6) is 11.5 Å². The monoisotopic (exact) mass is 518 g/mol. The van der Waals surface area contributed by atoms with Gasteiger partial charge in [-0.2, -0.15) is 0 Å². The third-order valence-electron chi connectivity index (χ3n) is 8.81. The summed E-state index contributed by atoms with van der Waals surface area (Å²) < 4.78 is 5.34. The van der Waals surface area contributed by atoms with Gasteiger partial charge in [0.05, 0.1) is 28.9 Å². The van der Waals surface area contributed by atoms with Crippen molar-refractivity contribution >= 4 is 34.0 Å². The van der Waals surface area contributed by atoms with Crippen molar-refractivity contribution in [2.75, 3.05) is 25.1 Å². The Morgan fingerprint density at radius 1 is 0.973 bits per heavy atom. The average Bonchev–Trinajstić information content (AvgIpc) is 3.79. The number of piperidine rings is 1. The van der Waals surface area contributed by atoms with Crippen molar-refractivity contribution in [3.05, 3.63) is 47.1 Å². The molecule has 5 nitrogen and oxygen atoms in total. The van der Waals surface area contributed by atoms with Crippen molar-refractivity contribution < 1.29 is 14.6 Å². The second-order valence-corrected chi connectivity index (χ2v) is 11.5. The minimum Gasteiger partial charge on any atom is -0.503 e. The van der Waals surface area contributed by atoms with Gasteiger partial charge in [-0.15, -0.1) is 0 Å². The molecule has 2 saturated carbocycles. The molecule has 0 bridgehead atoms. The zero-order valence-electron chi connectivity index (χ0n) is 21.5. The zero-order valence-corrected chi connectivity index (χ0v) is 22.3. The summed E-state index contributed by atoms with van der Waals surface area (Å²) in [6.07, 6.45) is 13.1. The lowest BCUT2D eigenvalue weighted by atomic mass is 9.75. The molecule has 2 aliphatic carbocycles. The number of aromatic nitrogens is 1. The Bertz CT molecular complexity index is 1320. The zero-order chi connectivity index (χ0) is 25.5. The molecule has 6 heteroatoms. The number of aromatic hydroxyl groups is 1. The maximum Gasteiger partial charge on any atom is 0.176 e. The molecule has 6 rings (SSSR count). The highest BCUT2D eigenvalue weighted by Crippen LogP contribution is 2.43. The van der Waals surface area contributed by atoms with Crippen molar-refractivity contribution in [2.24, 2.45) is 17.8 Å². The molecule has 0 unspecified atom stereocenters. The lowest BCUT2D eigenvalue weighted by Crippen LogP contribution is -2.37. The SMILES string of the molecule is COc1cc(-c2ccc3ncc(C(=O)C4CC4)c(N4CCC(C5CCCCC5)CC4)c3c2)cc(Cl)c1O. The van der Waals surface area contributed by atoms with Crippen LogP contribution in [0.2, 0.25) is 5.02 Å². The molecule has 3 fully saturated rings. The molecule has 2 heterocycles. The van der Waals surface area contributed by atoms with Gasteiger partial charge in [-0.25, -0.2) is 0 Å². The largest absolute Gasteiger partial charge is 0.503 e. The van der Waals surface area contributed by atoms with Crippen LogP contribution in [0.3, 0.4) is 0 Å². The van der Waals surface area contributed by atoms with Gasteiger partial charge in [-0.1, -0.05) is 49.8 Å². The standard InChI is InChI=1S/C31H35ClN2O3/c1-37-28-17-23(16-26(32)31(28)36)22-9-10-27-24(15-22)29(25(18-33-27)30(35)21-7-8-21)34-13-11-20(12-14-34)19-5-3-2-4-6-19/h9-10,15-21,36H,2-8,11-14H2,1H3.